The summed E-state index contributed by atoms with van der Waals surface area (Å²) < 4.78 is 5.36. The molecule has 0 N–H and O–H groups in total. The van der Waals surface area contributed by atoms with Crippen LogP contribution in [0, 0.1) is 12.8 Å². The van der Waals surface area contributed by atoms with Gasteiger partial charge in [0.05, 0.1) is 0 Å². The lowest BCUT2D eigenvalue weighted by molar-refractivity contribution is -0.133. The molecule has 2 heterocycles. The fraction of sp³-hybridized carbons (Fsp3) is 0.786. The molecule has 6 nitrogen and oxygen atoms in total. The molecule has 1 aliphatic heterocycles. The maximum atomic E-state index is 12.0. The normalized spacial score (nSPS) is 16.9. The third-order valence-electron chi connectivity index (χ3n) is 3.52. The number of hydrogen-bond acceptors (Lipinski definition) is 5. The zero-order valence-electron chi connectivity index (χ0n) is 12.6. The second kappa shape index (κ2) is 6.83. The van der Waals surface area contributed by atoms with E-state index in [1.165, 1.54) is 0 Å². The van der Waals surface area contributed by atoms with Crippen molar-refractivity contribution in [3.63, 3.8) is 0 Å². The third-order valence-corrected chi connectivity index (χ3v) is 3.52. The smallest absolute Gasteiger partial charge is 0.222 e. The number of piperazine rings is 1. The fourth-order valence-corrected chi connectivity index (χ4v) is 2.39. The zero-order chi connectivity index (χ0) is 14.5. The lowest BCUT2D eigenvalue weighted by Gasteiger charge is -2.34. The lowest BCUT2D eigenvalue weighted by atomic mass is 10.1. The number of aryl methyl sites for hydroxylation is 1. The van der Waals surface area contributed by atoms with Gasteiger partial charge >= 0.3 is 0 Å². The first-order valence-electron chi connectivity index (χ1n) is 7.33. The van der Waals surface area contributed by atoms with Crippen molar-refractivity contribution in [3.05, 3.63) is 11.8 Å². The Kier molecular flexibility index (Phi) is 5.11. The fourth-order valence-electron chi connectivity index (χ4n) is 2.39. The minimum atomic E-state index is 0.284. The molecular weight excluding hydrogens is 256 g/mol. The molecule has 0 bridgehead atoms. The Morgan fingerprint density at radius 1 is 1.25 bits per heavy atom. The van der Waals surface area contributed by atoms with Gasteiger partial charge < -0.3 is 9.32 Å². The van der Waals surface area contributed by atoms with Crippen molar-refractivity contribution in [1.29, 1.82) is 0 Å². The molecule has 0 saturated carbocycles. The number of hydrogen-bond donors (Lipinski definition) is 0. The van der Waals surface area contributed by atoms with Gasteiger partial charge in [-0.2, -0.15) is 0 Å². The number of aromatic nitrogens is 2. The van der Waals surface area contributed by atoms with Crippen LogP contribution in [0.1, 0.15) is 32.0 Å². The van der Waals surface area contributed by atoms with E-state index in [1.807, 2.05) is 4.90 Å². The van der Waals surface area contributed by atoms with E-state index in [0.717, 1.165) is 39.1 Å². The Hall–Kier alpha value is -1.43. The third kappa shape index (κ3) is 4.30. The first kappa shape index (κ1) is 15.0. The van der Waals surface area contributed by atoms with Crippen molar-refractivity contribution in [2.75, 3.05) is 32.7 Å². The summed E-state index contributed by atoms with van der Waals surface area (Å²) in [6, 6.07) is 0. The van der Waals surface area contributed by atoms with Gasteiger partial charge in [-0.05, 0) is 5.92 Å². The Labute approximate surface area is 120 Å². The molecule has 0 aromatic carbocycles. The number of rotatable bonds is 5. The van der Waals surface area contributed by atoms with E-state index >= 15 is 0 Å². The standard InChI is InChI=1S/C14H24N4O2/c1-11(2)10-14(19)18-8-6-17(7-9-18)5-4-13-16-15-12(3)20-13/h11H,4-10H2,1-3H3. The van der Waals surface area contributed by atoms with Crippen molar-refractivity contribution in [3.8, 4) is 0 Å². The second-order valence-electron chi connectivity index (χ2n) is 5.79. The highest BCUT2D eigenvalue weighted by Crippen LogP contribution is 2.09. The Bertz CT molecular complexity index is 436. The van der Waals surface area contributed by atoms with Crippen LogP contribution in [0.5, 0.6) is 0 Å². The van der Waals surface area contributed by atoms with Gasteiger partial charge in [0, 0.05) is 52.5 Å². The van der Waals surface area contributed by atoms with E-state index in [2.05, 4.69) is 28.9 Å². The van der Waals surface area contributed by atoms with Gasteiger partial charge in [-0.1, -0.05) is 13.8 Å². The molecule has 0 radical (unpaired) electrons. The van der Waals surface area contributed by atoms with E-state index in [4.69, 9.17) is 4.42 Å². The molecular formula is C14H24N4O2. The van der Waals surface area contributed by atoms with Crippen LogP contribution in [-0.2, 0) is 11.2 Å². The van der Waals surface area contributed by atoms with Crippen LogP contribution in [0.4, 0.5) is 0 Å². The van der Waals surface area contributed by atoms with Gasteiger partial charge in [0.2, 0.25) is 17.7 Å². The second-order valence-corrected chi connectivity index (χ2v) is 5.79. The maximum Gasteiger partial charge on any atom is 0.222 e. The average molecular weight is 280 g/mol. The van der Waals surface area contributed by atoms with Crippen LogP contribution in [0.2, 0.25) is 0 Å². The predicted octanol–water partition coefficient (Wildman–Crippen LogP) is 1.11. The summed E-state index contributed by atoms with van der Waals surface area (Å²) in [5, 5.41) is 7.82. The first-order valence-corrected chi connectivity index (χ1v) is 7.33. The number of nitrogens with zero attached hydrogens (tertiary/aromatic N) is 4. The maximum absolute atomic E-state index is 12.0. The van der Waals surface area contributed by atoms with Gasteiger partial charge in [-0.3, -0.25) is 9.69 Å². The molecule has 1 saturated heterocycles. The first-order chi connectivity index (χ1) is 9.54. The van der Waals surface area contributed by atoms with Crippen LogP contribution in [-0.4, -0.2) is 58.6 Å². The minimum absolute atomic E-state index is 0.284. The van der Waals surface area contributed by atoms with E-state index in [1.54, 1.807) is 6.92 Å². The highest BCUT2D eigenvalue weighted by Gasteiger charge is 2.21. The summed E-state index contributed by atoms with van der Waals surface area (Å²) in [7, 11) is 0. The minimum Gasteiger partial charge on any atom is -0.426 e. The van der Waals surface area contributed by atoms with E-state index < -0.39 is 0 Å². The Morgan fingerprint density at radius 3 is 2.50 bits per heavy atom. The van der Waals surface area contributed by atoms with E-state index in [0.29, 0.717) is 24.1 Å². The molecule has 1 fully saturated rings. The van der Waals surface area contributed by atoms with Crippen molar-refractivity contribution >= 4 is 5.91 Å². The summed E-state index contributed by atoms with van der Waals surface area (Å²) in [5.41, 5.74) is 0. The molecule has 1 aliphatic rings. The summed E-state index contributed by atoms with van der Waals surface area (Å²) >= 11 is 0. The SMILES string of the molecule is Cc1nnc(CCN2CCN(C(=O)CC(C)C)CC2)o1. The highest BCUT2D eigenvalue weighted by atomic mass is 16.4. The van der Waals surface area contributed by atoms with Gasteiger partial charge in [0.15, 0.2) is 0 Å². The molecule has 0 aliphatic carbocycles. The molecule has 1 aromatic heterocycles. The molecule has 1 aromatic rings. The molecule has 0 unspecified atom stereocenters. The van der Waals surface area contributed by atoms with Crippen LogP contribution in [0.25, 0.3) is 0 Å². The molecule has 0 atom stereocenters. The van der Waals surface area contributed by atoms with E-state index in [-0.39, 0.29) is 5.91 Å². The molecule has 20 heavy (non-hydrogen) atoms. The largest absolute Gasteiger partial charge is 0.426 e. The summed E-state index contributed by atoms with van der Waals surface area (Å²) in [6.07, 6.45) is 1.43. The van der Waals surface area contributed by atoms with Gasteiger partial charge in [-0.25, -0.2) is 0 Å². The van der Waals surface area contributed by atoms with Gasteiger partial charge in [-0.15, -0.1) is 10.2 Å². The molecule has 1 amide bonds. The van der Waals surface area contributed by atoms with Crippen molar-refractivity contribution in [2.45, 2.75) is 33.6 Å². The lowest BCUT2D eigenvalue weighted by Crippen LogP contribution is -2.49. The predicted molar refractivity (Wildman–Crippen MR) is 75.2 cm³/mol. The molecule has 112 valence electrons. The number of amides is 1. The summed E-state index contributed by atoms with van der Waals surface area (Å²) in [5.74, 6) is 2.03. The van der Waals surface area contributed by atoms with Crippen molar-refractivity contribution in [1.82, 2.24) is 20.0 Å². The number of carbonyl (C=O) groups is 1. The zero-order valence-corrected chi connectivity index (χ0v) is 12.6. The van der Waals surface area contributed by atoms with Crippen molar-refractivity contribution < 1.29 is 9.21 Å². The van der Waals surface area contributed by atoms with Crippen LogP contribution in [0.15, 0.2) is 4.42 Å². The highest BCUT2D eigenvalue weighted by molar-refractivity contribution is 5.76. The van der Waals surface area contributed by atoms with Gasteiger partial charge in [0.1, 0.15) is 0 Å². The van der Waals surface area contributed by atoms with E-state index in [9.17, 15) is 4.79 Å². The molecule has 6 heteroatoms. The van der Waals surface area contributed by atoms with Crippen LogP contribution < -0.4 is 0 Å². The Morgan fingerprint density at radius 2 is 1.95 bits per heavy atom. The molecule has 2 rings (SSSR count). The van der Waals surface area contributed by atoms with Gasteiger partial charge in [0.25, 0.3) is 0 Å². The van der Waals surface area contributed by atoms with Crippen LogP contribution >= 0.6 is 0 Å². The number of carbonyl (C=O) groups excluding carboxylic acids is 1. The monoisotopic (exact) mass is 280 g/mol. The quantitative estimate of drug-likeness (QED) is 0.808. The summed E-state index contributed by atoms with van der Waals surface area (Å²) in [4.78, 5) is 16.3. The molecule has 0 spiro atoms. The average Bonchev–Trinajstić information content (AvgIpc) is 2.82. The summed E-state index contributed by atoms with van der Waals surface area (Å²) in [6.45, 7) is 10.4. The Balaban J connectivity index is 1.70. The topological polar surface area (TPSA) is 62.5 Å². The van der Waals surface area contributed by atoms with Crippen molar-refractivity contribution in [2.24, 2.45) is 5.92 Å². The van der Waals surface area contributed by atoms with Crippen LogP contribution in [0.3, 0.4) is 0 Å².